The van der Waals surface area contributed by atoms with E-state index in [1.807, 2.05) is 50.2 Å². The summed E-state index contributed by atoms with van der Waals surface area (Å²) in [7, 11) is 0. The Balaban J connectivity index is 1.16. The molecule has 3 aromatic carbocycles. The lowest BCUT2D eigenvalue weighted by atomic mass is 10.0. The highest BCUT2D eigenvalue weighted by Crippen LogP contribution is 2.33. The molecular weight excluding hydrogens is 509 g/mol. The van der Waals surface area contributed by atoms with E-state index in [4.69, 9.17) is 37.4 Å². The van der Waals surface area contributed by atoms with Crippen molar-refractivity contribution in [3.8, 4) is 5.75 Å². The molecule has 4 rings (SSSR count). The lowest BCUT2D eigenvalue weighted by Gasteiger charge is -2.33. The second-order valence-corrected chi connectivity index (χ2v) is 10.6. The zero-order valence-corrected chi connectivity index (χ0v) is 22.9. The van der Waals surface area contributed by atoms with Crippen LogP contribution in [0.4, 0.5) is 0 Å². The summed E-state index contributed by atoms with van der Waals surface area (Å²) in [5, 5.41) is 15.4. The number of benzene rings is 3. The maximum atomic E-state index is 10.6. The highest BCUT2D eigenvalue weighted by Gasteiger charge is 2.27. The van der Waals surface area contributed by atoms with Crippen LogP contribution in [-0.4, -0.2) is 30.6 Å². The number of aliphatic hydroxyl groups excluding tert-OH is 1. The standard InChI is InChI=1S/C30H35Cl2NO4/c1-30(2)36-20-24-17-23(11-12-29(24)37-30)28(34)18-33-14-13-21-6-3-7-22(16-21)19-35-15-5-8-25-26(31)9-4-10-27(25)32/h3-4,6-7,9-12,16-17,28,33-34H,5,8,13-15,18-20H2,1-2H3/t28-/m0/s1. The van der Waals surface area contributed by atoms with Crippen molar-refractivity contribution in [2.75, 3.05) is 19.7 Å². The van der Waals surface area contributed by atoms with Gasteiger partial charge in [-0.1, -0.05) is 59.6 Å². The third-order valence-corrected chi connectivity index (χ3v) is 7.07. The number of ether oxygens (including phenoxy) is 3. The Kier molecular flexibility index (Phi) is 9.88. The Morgan fingerprint density at radius 2 is 1.76 bits per heavy atom. The molecule has 198 valence electrons. The zero-order chi connectivity index (χ0) is 26.3. The van der Waals surface area contributed by atoms with Gasteiger partial charge in [0.05, 0.1) is 19.3 Å². The first kappa shape index (κ1) is 27.9. The van der Waals surface area contributed by atoms with E-state index in [1.54, 1.807) is 0 Å². The van der Waals surface area contributed by atoms with Gasteiger partial charge in [-0.05, 0) is 72.3 Å². The number of rotatable bonds is 12. The lowest BCUT2D eigenvalue weighted by Crippen LogP contribution is -2.35. The number of halogens is 2. The summed E-state index contributed by atoms with van der Waals surface area (Å²) in [6, 6.07) is 19.8. The minimum atomic E-state index is -0.621. The molecule has 0 aliphatic carbocycles. The molecule has 1 atom stereocenters. The van der Waals surface area contributed by atoms with Crippen molar-refractivity contribution in [2.45, 2.75) is 58.2 Å². The van der Waals surface area contributed by atoms with E-state index in [2.05, 4.69) is 29.6 Å². The van der Waals surface area contributed by atoms with Crippen LogP contribution in [0.15, 0.2) is 60.7 Å². The smallest absolute Gasteiger partial charge is 0.205 e. The van der Waals surface area contributed by atoms with E-state index in [9.17, 15) is 5.11 Å². The van der Waals surface area contributed by atoms with Crippen molar-refractivity contribution in [3.05, 3.63) is 98.5 Å². The van der Waals surface area contributed by atoms with Gasteiger partial charge in [0.15, 0.2) is 0 Å². The highest BCUT2D eigenvalue weighted by atomic mass is 35.5. The molecule has 2 N–H and O–H groups in total. The monoisotopic (exact) mass is 543 g/mol. The number of hydrogen-bond donors (Lipinski definition) is 2. The molecule has 0 saturated carbocycles. The fraction of sp³-hybridized carbons (Fsp3) is 0.400. The molecular formula is C30H35Cl2NO4. The Bertz CT molecular complexity index is 1160. The van der Waals surface area contributed by atoms with E-state index in [1.165, 1.54) is 5.56 Å². The molecule has 0 unspecified atom stereocenters. The van der Waals surface area contributed by atoms with Crippen LogP contribution in [0.25, 0.3) is 0 Å². The highest BCUT2D eigenvalue weighted by molar-refractivity contribution is 6.35. The third-order valence-electron chi connectivity index (χ3n) is 6.37. The van der Waals surface area contributed by atoms with Gasteiger partial charge in [0.25, 0.3) is 0 Å². The van der Waals surface area contributed by atoms with Crippen LogP contribution < -0.4 is 10.1 Å². The van der Waals surface area contributed by atoms with E-state index in [-0.39, 0.29) is 0 Å². The fourth-order valence-corrected chi connectivity index (χ4v) is 4.93. The van der Waals surface area contributed by atoms with Gasteiger partial charge in [-0.2, -0.15) is 0 Å². The Labute approximate surface area is 229 Å². The quantitative estimate of drug-likeness (QED) is 0.250. The van der Waals surface area contributed by atoms with Crippen LogP contribution in [0.3, 0.4) is 0 Å². The summed E-state index contributed by atoms with van der Waals surface area (Å²) in [5.41, 5.74) is 5.18. The average Bonchev–Trinajstić information content (AvgIpc) is 2.87. The first-order valence-electron chi connectivity index (χ1n) is 12.7. The normalized spacial score (nSPS) is 15.2. The van der Waals surface area contributed by atoms with Crippen LogP contribution in [0.5, 0.6) is 5.75 Å². The van der Waals surface area contributed by atoms with Gasteiger partial charge in [0.1, 0.15) is 5.75 Å². The number of fused-ring (bicyclic) bond motifs is 1. The molecule has 0 fully saturated rings. The van der Waals surface area contributed by atoms with Crippen molar-refractivity contribution in [1.82, 2.24) is 5.32 Å². The first-order chi connectivity index (χ1) is 17.8. The van der Waals surface area contributed by atoms with Crippen molar-refractivity contribution in [3.63, 3.8) is 0 Å². The van der Waals surface area contributed by atoms with Crippen LogP contribution in [0.1, 0.15) is 54.2 Å². The molecule has 0 aromatic heterocycles. The van der Waals surface area contributed by atoms with Crippen LogP contribution >= 0.6 is 23.2 Å². The van der Waals surface area contributed by atoms with Crippen molar-refractivity contribution in [1.29, 1.82) is 0 Å². The van der Waals surface area contributed by atoms with Gasteiger partial charge in [-0.15, -0.1) is 0 Å². The second kappa shape index (κ2) is 13.1. The summed E-state index contributed by atoms with van der Waals surface area (Å²) >= 11 is 12.5. The summed E-state index contributed by atoms with van der Waals surface area (Å²) in [6.07, 6.45) is 1.92. The predicted molar refractivity (Wildman–Crippen MR) is 148 cm³/mol. The van der Waals surface area contributed by atoms with E-state index < -0.39 is 11.9 Å². The summed E-state index contributed by atoms with van der Waals surface area (Å²) in [5.74, 6) is 0.193. The van der Waals surface area contributed by atoms with Crippen molar-refractivity contribution >= 4 is 23.2 Å². The molecule has 0 radical (unpaired) electrons. The SMILES string of the molecule is CC1(C)OCc2cc([C@@H](O)CNCCc3cccc(COCCCc4c(Cl)cccc4Cl)c3)ccc2O1. The third kappa shape index (κ3) is 8.18. The van der Waals surface area contributed by atoms with Gasteiger partial charge in [0, 0.05) is 42.6 Å². The maximum Gasteiger partial charge on any atom is 0.205 e. The molecule has 1 aliphatic rings. The van der Waals surface area contributed by atoms with Gasteiger partial charge in [-0.25, -0.2) is 0 Å². The predicted octanol–water partition coefficient (Wildman–Crippen LogP) is 6.65. The molecule has 37 heavy (non-hydrogen) atoms. The molecule has 1 heterocycles. The minimum Gasteiger partial charge on any atom is -0.463 e. The largest absolute Gasteiger partial charge is 0.463 e. The molecule has 5 nitrogen and oxygen atoms in total. The first-order valence-corrected chi connectivity index (χ1v) is 13.5. The molecule has 0 amide bonds. The van der Waals surface area contributed by atoms with E-state index >= 15 is 0 Å². The van der Waals surface area contributed by atoms with Crippen molar-refractivity contribution in [2.24, 2.45) is 0 Å². The minimum absolute atomic E-state index is 0.476. The molecule has 0 bridgehead atoms. The maximum absolute atomic E-state index is 10.6. The van der Waals surface area contributed by atoms with Gasteiger partial charge < -0.3 is 24.6 Å². The zero-order valence-electron chi connectivity index (χ0n) is 21.4. The fourth-order valence-electron chi connectivity index (χ4n) is 4.34. The average molecular weight is 545 g/mol. The van der Waals surface area contributed by atoms with E-state index in [0.29, 0.717) is 36.4 Å². The summed E-state index contributed by atoms with van der Waals surface area (Å²) in [6.45, 7) is 6.72. The second-order valence-electron chi connectivity index (χ2n) is 9.80. The van der Waals surface area contributed by atoms with Gasteiger partial charge in [0.2, 0.25) is 5.79 Å². The van der Waals surface area contributed by atoms with Crippen LogP contribution in [-0.2, 0) is 35.5 Å². The topological polar surface area (TPSA) is 60.0 Å². The van der Waals surface area contributed by atoms with Crippen LogP contribution in [0, 0.1) is 0 Å². The Morgan fingerprint density at radius 1 is 1.00 bits per heavy atom. The number of nitrogens with one attached hydrogen (secondary N) is 1. The molecule has 3 aromatic rings. The summed E-state index contributed by atoms with van der Waals surface area (Å²) < 4.78 is 17.4. The Hall–Kier alpha value is -2.12. The Morgan fingerprint density at radius 3 is 2.57 bits per heavy atom. The number of hydrogen-bond acceptors (Lipinski definition) is 5. The van der Waals surface area contributed by atoms with Crippen LogP contribution in [0.2, 0.25) is 10.0 Å². The molecule has 0 saturated heterocycles. The van der Waals surface area contributed by atoms with Gasteiger partial charge in [-0.3, -0.25) is 0 Å². The van der Waals surface area contributed by atoms with E-state index in [0.717, 1.165) is 53.8 Å². The molecule has 1 aliphatic heterocycles. The molecule has 0 spiro atoms. The summed E-state index contributed by atoms with van der Waals surface area (Å²) in [4.78, 5) is 0. The lowest BCUT2D eigenvalue weighted by molar-refractivity contribution is -0.180. The molecule has 7 heteroatoms. The van der Waals surface area contributed by atoms with Crippen molar-refractivity contribution < 1.29 is 19.3 Å². The van der Waals surface area contributed by atoms with Gasteiger partial charge >= 0.3 is 0 Å². The number of aliphatic hydroxyl groups is 1.